The molecule has 0 saturated carbocycles. The van der Waals surface area contributed by atoms with Crippen molar-refractivity contribution >= 4 is 6.09 Å². The molecular formula is C15H23N3O2. The maximum atomic E-state index is 11.4. The zero-order valence-electron chi connectivity index (χ0n) is 12.2. The van der Waals surface area contributed by atoms with E-state index < -0.39 is 0 Å². The fourth-order valence-electron chi connectivity index (χ4n) is 2.50. The Balaban J connectivity index is 1.78. The minimum Gasteiger partial charge on any atom is -0.449 e. The lowest BCUT2D eigenvalue weighted by Crippen LogP contribution is -2.43. The molecule has 1 fully saturated rings. The van der Waals surface area contributed by atoms with Crippen LogP contribution in [0.2, 0.25) is 0 Å². The first kappa shape index (κ1) is 14.8. The lowest BCUT2D eigenvalue weighted by atomic mass is 10.1. The van der Waals surface area contributed by atoms with Gasteiger partial charge in [-0.05, 0) is 26.0 Å². The van der Waals surface area contributed by atoms with E-state index in [1.165, 1.54) is 5.56 Å². The number of nitrogens with one attached hydrogen (secondary N) is 1. The highest BCUT2D eigenvalue weighted by Gasteiger charge is 2.26. The number of benzene rings is 1. The Hall–Kier alpha value is -1.59. The zero-order valence-corrected chi connectivity index (χ0v) is 12.2. The molecule has 1 amide bonds. The van der Waals surface area contributed by atoms with Gasteiger partial charge in [-0.2, -0.15) is 0 Å². The highest BCUT2D eigenvalue weighted by atomic mass is 16.6. The topological polar surface area (TPSA) is 44.8 Å². The largest absolute Gasteiger partial charge is 0.449 e. The molecule has 0 bridgehead atoms. The number of carbonyl (C=O) groups is 1. The molecule has 1 N–H and O–H groups in total. The molecule has 1 atom stereocenters. The molecule has 1 saturated heterocycles. The molecule has 1 aromatic rings. The fourth-order valence-corrected chi connectivity index (χ4v) is 2.50. The van der Waals surface area contributed by atoms with Gasteiger partial charge in [-0.15, -0.1) is 0 Å². The highest BCUT2D eigenvalue weighted by molar-refractivity contribution is 5.66. The van der Waals surface area contributed by atoms with Crippen LogP contribution in [-0.2, 0) is 11.3 Å². The standard InChI is InChI=1S/C15H23N3O2/c1-3-20-15(19)16-18-10-9-14(12-18)17(2)11-13-7-5-4-6-8-13/h4-8,14H,3,9-12H2,1-2H3,(H,16,19). The van der Waals surface area contributed by atoms with Gasteiger partial charge < -0.3 is 4.74 Å². The van der Waals surface area contributed by atoms with Gasteiger partial charge in [-0.1, -0.05) is 30.3 Å². The summed E-state index contributed by atoms with van der Waals surface area (Å²) in [7, 11) is 2.13. The van der Waals surface area contributed by atoms with Crippen molar-refractivity contribution in [3.63, 3.8) is 0 Å². The van der Waals surface area contributed by atoms with Crippen LogP contribution in [0.1, 0.15) is 18.9 Å². The molecule has 1 aromatic carbocycles. The average Bonchev–Trinajstić information content (AvgIpc) is 2.88. The number of amides is 1. The van der Waals surface area contributed by atoms with Crippen LogP contribution in [0.15, 0.2) is 30.3 Å². The molecule has 2 rings (SSSR count). The number of hydrazine groups is 1. The third-order valence-electron chi connectivity index (χ3n) is 3.59. The summed E-state index contributed by atoms with van der Waals surface area (Å²) in [4.78, 5) is 13.7. The Morgan fingerprint density at radius 1 is 1.45 bits per heavy atom. The fraction of sp³-hybridized carbons (Fsp3) is 0.533. The van der Waals surface area contributed by atoms with Gasteiger partial charge in [-0.25, -0.2) is 9.80 Å². The van der Waals surface area contributed by atoms with Gasteiger partial charge in [0, 0.05) is 25.7 Å². The third kappa shape index (κ3) is 4.21. The van der Waals surface area contributed by atoms with E-state index in [-0.39, 0.29) is 6.09 Å². The van der Waals surface area contributed by atoms with Crippen molar-refractivity contribution in [1.82, 2.24) is 15.3 Å². The quantitative estimate of drug-likeness (QED) is 0.892. The Morgan fingerprint density at radius 2 is 2.20 bits per heavy atom. The summed E-state index contributed by atoms with van der Waals surface area (Å²) < 4.78 is 4.89. The smallest absolute Gasteiger partial charge is 0.421 e. The number of ether oxygens (including phenoxy) is 1. The number of likely N-dealkylation sites (N-methyl/N-ethyl adjacent to an activating group) is 1. The summed E-state index contributed by atoms with van der Waals surface area (Å²) in [5, 5.41) is 1.93. The van der Waals surface area contributed by atoms with Crippen molar-refractivity contribution in [1.29, 1.82) is 0 Å². The molecule has 1 heterocycles. The van der Waals surface area contributed by atoms with E-state index >= 15 is 0 Å². The second-order valence-corrected chi connectivity index (χ2v) is 5.12. The predicted octanol–water partition coefficient (Wildman–Crippen LogP) is 1.85. The second-order valence-electron chi connectivity index (χ2n) is 5.12. The van der Waals surface area contributed by atoms with Crippen LogP contribution < -0.4 is 5.43 Å². The Labute approximate surface area is 120 Å². The zero-order chi connectivity index (χ0) is 14.4. The van der Waals surface area contributed by atoms with E-state index in [9.17, 15) is 4.79 Å². The number of hydrogen-bond donors (Lipinski definition) is 1. The molecular weight excluding hydrogens is 254 g/mol. The van der Waals surface area contributed by atoms with Crippen molar-refractivity contribution in [2.24, 2.45) is 0 Å². The van der Waals surface area contributed by atoms with Crippen molar-refractivity contribution in [2.75, 3.05) is 26.7 Å². The van der Waals surface area contributed by atoms with Crippen LogP contribution in [0.4, 0.5) is 4.79 Å². The maximum Gasteiger partial charge on any atom is 0.421 e. The first-order valence-electron chi connectivity index (χ1n) is 7.11. The van der Waals surface area contributed by atoms with E-state index in [1.54, 1.807) is 6.92 Å². The van der Waals surface area contributed by atoms with Crippen LogP contribution >= 0.6 is 0 Å². The molecule has 1 aliphatic rings. The minimum atomic E-state index is -0.362. The highest BCUT2D eigenvalue weighted by Crippen LogP contribution is 2.15. The SMILES string of the molecule is CCOC(=O)NN1CCC(N(C)Cc2ccccc2)C1. The average molecular weight is 277 g/mol. The normalized spacial score (nSPS) is 19.2. The van der Waals surface area contributed by atoms with Gasteiger partial charge in [0.25, 0.3) is 0 Å². The molecule has 0 spiro atoms. The number of rotatable bonds is 5. The van der Waals surface area contributed by atoms with Crippen molar-refractivity contribution in [3.05, 3.63) is 35.9 Å². The van der Waals surface area contributed by atoms with Crippen molar-refractivity contribution in [2.45, 2.75) is 25.9 Å². The predicted molar refractivity (Wildman–Crippen MR) is 78.0 cm³/mol. The van der Waals surface area contributed by atoms with E-state index in [4.69, 9.17) is 4.74 Å². The van der Waals surface area contributed by atoms with Crippen molar-refractivity contribution < 1.29 is 9.53 Å². The molecule has 1 aliphatic heterocycles. The van der Waals surface area contributed by atoms with Crippen LogP contribution in [0.3, 0.4) is 0 Å². The summed E-state index contributed by atoms with van der Waals surface area (Å²) >= 11 is 0. The van der Waals surface area contributed by atoms with Gasteiger partial charge in [0.2, 0.25) is 0 Å². The third-order valence-corrected chi connectivity index (χ3v) is 3.59. The monoisotopic (exact) mass is 277 g/mol. The van der Waals surface area contributed by atoms with Gasteiger partial charge in [-0.3, -0.25) is 10.3 Å². The van der Waals surface area contributed by atoms with E-state index in [0.717, 1.165) is 26.1 Å². The van der Waals surface area contributed by atoms with E-state index in [1.807, 2.05) is 11.1 Å². The first-order chi connectivity index (χ1) is 9.69. The summed E-state index contributed by atoms with van der Waals surface area (Å²) in [6.07, 6.45) is 0.689. The number of carbonyl (C=O) groups excluding carboxylic acids is 1. The molecule has 5 nitrogen and oxygen atoms in total. The van der Waals surface area contributed by atoms with Crippen LogP contribution in [-0.4, -0.2) is 48.8 Å². The molecule has 0 aromatic heterocycles. The minimum absolute atomic E-state index is 0.362. The summed E-state index contributed by atoms with van der Waals surface area (Å²) in [5.41, 5.74) is 4.09. The van der Waals surface area contributed by atoms with Gasteiger partial charge in [0.1, 0.15) is 0 Å². The van der Waals surface area contributed by atoms with Gasteiger partial charge in [0.05, 0.1) is 6.61 Å². The van der Waals surface area contributed by atoms with Gasteiger partial charge >= 0.3 is 6.09 Å². The maximum absolute atomic E-state index is 11.4. The number of nitrogens with zero attached hydrogens (tertiary/aromatic N) is 2. The van der Waals surface area contributed by atoms with E-state index in [0.29, 0.717) is 12.6 Å². The molecule has 110 valence electrons. The summed E-state index contributed by atoms with van der Waals surface area (Å²) in [6.45, 7) is 4.83. The lowest BCUT2D eigenvalue weighted by molar-refractivity contribution is 0.114. The van der Waals surface area contributed by atoms with Crippen molar-refractivity contribution in [3.8, 4) is 0 Å². The van der Waals surface area contributed by atoms with Crippen LogP contribution in [0, 0.1) is 0 Å². The summed E-state index contributed by atoms with van der Waals surface area (Å²) in [5.74, 6) is 0. The second kappa shape index (κ2) is 7.26. The first-order valence-corrected chi connectivity index (χ1v) is 7.11. The lowest BCUT2D eigenvalue weighted by Gasteiger charge is -2.24. The molecule has 5 heteroatoms. The summed E-state index contributed by atoms with van der Waals surface area (Å²) in [6, 6.07) is 10.9. The number of hydrogen-bond acceptors (Lipinski definition) is 4. The molecule has 0 radical (unpaired) electrons. The van der Waals surface area contributed by atoms with Crippen LogP contribution in [0.5, 0.6) is 0 Å². The van der Waals surface area contributed by atoms with Crippen LogP contribution in [0.25, 0.3) is 0 Å². The molecule has 20 heavy (non-hydrogen) atoms. The molecule has 0 aliphatic carbocycles. The Morgan fingerprint density at radius 3 is 2.90 bits per heavy atom. The Bertz CT molecular complexity index is 424. The van der Waals surface area contributed by atoms with E-state index in [2.05, 4.69) is 41.6 Å². The van der Waals surface area contributed by atoms with Gasteiger partial charge in [0.15, 0.2) is 0 Å². The Kier molecular flexibility index (Phi) is 5.38. The molecule has 1 unspecified atom stereocenters.